The predicted molar refractivity (Wildman–Crippen MR) is 74.4 cm³/mol. The minimum Gasteiger partial charge on any atom is -0.343 e. The van der Waals surface area contributed by atoms with Gasteiger partial charge in [-0.1, -0.05) is 27.7 Å². The molecule has 2 aliphatic rings. The van der Waals surface area contributed by atoms with E-state index in [2.05, 4.69) is 19.2 Å². The second kappa shape index (κ2) is 5.51. The van der Waals surface area contributed by atoms with E-state index in [1.807, 2.05) is 18.7 Å². The summed E-state index contributed by atoms with van der Waals surface area (Å²) in [6, 6.07) is -0.0937. The Bertz CT molecular complexity index is 367. The van der Waals surface area contributed by atoms with E-state index in [9.17, 15) is 9.59 Å². The Kier molecular flexibility index (Phi) is 4.16. The molecule has 1 saturated heterocycles. The zero-order valence-corrected chi connectivity index (χ0v) is 12.5. The van der Waals surface area contributed by atoms with E-state index in [0.29, 0.717) is 5.92 Å². The normalized spacial score (nSPS) is 36.6. The highest BCUT2D eigenvalue weighted by atomic mass is 16.2. The monoisotopic (exact) mass is 266 g/mol. The summed E-state index contributed by atoms with van der Waals surface area (Å²) in [5.41, 5.74) is 0. The van der Waals surface area contributed by atoms with Crippen molar-refractivity contribution in [3.63, 3.8) is 0 Å². The van der Waals surface area contributed by atoms with Crippen LogP contribution in [0.1, 0.15) is 47.0 Å². The van der Waals surface area contributed by atoms with Gasteiger partial charge in [-0.05, 0) is 37.0 Å². The second-order valence-corrected chi connectivity index (χ2v) is 6.72. The van der Waals surface area contributed by atoms with E-state index >= 15 is 0 Å². The van der Waals surface area contributed by atoms with Crippen LogP contribution in [-0.2, 0) is 9.59 Å². The molecule has 1 heterocycles. The van der Waals surface area contributed by atoms with E-state index in [1.54, 1.807) is 0 Å². The molecular weight excluding hydrogens is 240 g/mol. The van der Waals surface area contributed by atoms with Crippen molar-refractivity contribution < 1.29 is 9.59 Å². The van der Waals surface area contributed by atoms with Crippen LogP contribution in [0, 0.1) is 17.8 Å². The van der Waals surface area contributed by atoms with Crippen LogP contribution in [-0.4, -0.2) is 35.3 Å². The molecule has 1 aliphatic carbocycles. The van der Waals surface area contributed by atoms with Gasteiger partial charge in [0.2, 0.25) is 11.8 Å². The first-order valence-electron chi connectivity index (χ1n) is 7.50. The summed E-state index contributed by atoms with van der Waals surface area (Å²) >= 11 is 0. The third-order valence-corrected chi connectivity index (χ3v) is 4.63. The number of amides is 2. The van der Waals surface area contributed by atoms with E-state index in [0.717, 1.165) is 25.2 Å². The molecule has 1 aliphatic heterocycles. The largest absolute Gasteiger partial charge is 0.343 e. The van der Waals surface area contributed by atoms with Crippen LogP contribution >= 0.6 is 0 Å². The van der Waals surface area contributed by atoms with Crippen molar-refractivity contribution in [3.05, 3.63) is 0 Å². The molecule has 0 aromatic heterocycles. The first-order valence-corrected chi connectivity index (χ1v) is 7.50. The van der Waals surface area contributed by atoms with Crippen LogP contribution in [0.4, 0.5) is 0 Å². The SMILES string of the molecule is CC1CCC(N2CC(=O)NC(C(C)C)C2=O)C(C)C1. The molecule has 0 bridgehead atoms. The molecule has 1 saturated carbocycles. The fraction of sp³-hybridized carbons (Fsp3) is 0.867. The lowest BCUT2D eigenvalue weighted by Crippen LogP contribution is -2.63. The first-order chi connectivity index (χ1) is 8.90. The van der Waals surface area contributed by atoms with Crippen LogP contribution in [0.25, 0.3) is 0 Å². The molecule has 108 valence electrons. The average molecular weight is 266 g/mol. The minimum atomic E-state index is -0.340. The van der Waals surface area contributed by atoms with Crippen molar-refractivity contribution in [2.45, 2.75) is 59.0 Å². The van der Waals surface area contributed by atoms with Gasteiger partial charge in [-0.2, -0.15) is 0 Å². The van der Waals surface area contributed by atoms with Gasteiger partial charge in [0.15, 0.2) is 0 Å². The maximum absolute atomic E-state index is 12.6. The van der Waals surface area contributed by atoms with Gasteiger partial charge in [-0.3, -0.25) is 9.59 Å². The Balaban J connectivity index is 2.13. The molecule has 2 fully saturated rings. The summed E-state index contributed by atoms with van der Waals surface area (Å²) in [5, 5.41) is 2.83. The Labute approximate surface area is 115 Å². The van der Waals surface area contributed by atoms with Crippen LogP contribution in [0.3, 0.4) is 0 Å². The Morgan fingerprint density at radius 3 is 2.47 bits per heavy atom. The van der Waals surface area contributed by atoms with Crippen LogP contribution in [0.5, 0.6) is 0 Å². The van der Waals surface area contributed by atoms with E-state index in [1.165, 1.54) is 0 Å². The average Bonchev–Trinajstić information content (AvgIpc) is 2.32. The van der Waals surface area contributed by atoms with E-state index < -0.39 is 0 Å². The summed E-state index contributed by atoms with van der Waals surface area (Å²) in [5.74, 6) is 1.48. The third-order valence-electron chi connectivity index (χ3n) is 4.63. The fourth-order valence-corrected chi connectivity index (χ4v) is 3.54. The Hall–Kier alpha value is -1.06. The van der Waals surface area contributed by atoms with Gasteiger partial charge in [-0.15, -0.1) is 0 Å². The van der Waals surface area contributed by atoms with Crippen LogP contribution in [0.2, 0.25) is 0 Å². The molecule has 0 spiro atoms. The lowest BCUT2D eigenvalue weighted by atomic mass is 9.78. The second-order valence-electron chi connectivity index (χ2n) is 6.72. The Morgan fingerprint density at radius 2 is 1.89 bits per heavy atom. The van der Waals surface area contributed by atoms with Crippen molar-refractivity contribution >= 4 is 11.8 Å². The van der Waals surface area contributed by atoms with Crippen LogP contribution in [0.15, 0.2) is 0 Å². The van der Waals surface area contributed by atoms with Crippen molar-refractivity contribution in [1.82, 2.24) is 10.2 Å². The fourth-order valence-electron chi connectivity index (χ4n) is 3.54. The summed E-state index contributed by atoms with van der Waals surface area (Å²) in [6.45, 7) is 8.70. The number of hydrogen-bond donors (Lipinski definition) is 1. The zero-order valence-electron chi connectivity index (χ0n) is 12.5. The van der Waals surface area contributed by atoms with Gasteiger partial charge in [0, 0.05) is 6.04 Å². The van der Waals surface area contributed by atoms with Gasteiger partial charge in [0.25, 0.3) is 0 Å². The highest BCUT2D eigenvalue weighted by Crippen LogP contribution is 2.33. The standard InChI is InChI=1S/C15H26N2O2/c1-9(2)14-15(19)17(8-13(18)16-14)12-6-5-10(3)7-11(12)4/h9-12,14H,5-8H2,1-4H3,(H,16,18). The minimum absolute atomic E-state index is 0.0101. The summed E-state index contributed by atoms with van der Waals surface area (Å²) < 4.78 is 0. The number of piperazine rings is 1. The van der Waals surface area contributed by atoms with E-state index in [4.69, 9.17) is 0 Å². The molecule has 4 heteroatoms. The molecule has 0 aromatic carbocycles. The molecule has 4 unspecified atom stereocenters. The summed E-state index contributed by atoms with van der Waals surface area (Å²) in [7, 11) is 0. The predicted octanol–water partition coefficient (Wildman–Crippen LogP) is 1.79. The molecule has 4 atom stereocenters. The lowest BCUT2D eigenvalue weighted by Gasteiger charge is -2.44. The molecule has 1 N–H and O–H groups in total. The molecule has 2 amide bonds. The van der Waals surface area contributed by atoms with Gasteiger partial charge < -0.3 is 10.2 Å². The quantitative estimate of drug-likeness (QED) is 0.828. The van der Waals surface area contributed by atoms with Gasteiger partial charge in [0.1, 0.15) is 6.04 Å². The number of hydrogen-bond acceptors (Lipinski definition) is 2. The summed E-state index contributed by atoms with van der Waals surface area (Å²) in [4.78, 5) is 26.2. The zero-order chi connectivity index (χ0) is 14.2. The van der Waals surface area contributed by atoms with Gasteiger partial charge in [0.05, 0.1) is 6.54 Å². The topological polar surface area (TPSA) is 49.4 Å². The number of rotatable bonds is 2. The van der Waals surface area contributed by atoms with Crippen molar-refractivity contribution in [2.24, 2.45) is 17.8 Å². The van der Waals surface area contributed by atoms with Crippen molar-refractivity contribution in [2.75, 3.05) is 6.54 Å². The maximum Gasteiger partial charge on any atom is 0.246 e. The third kappa shape index (κ3) is 2.93. The van der Waals surface area contributed by atoms with E-state index in [-0.39, 0.29) is 36.4 Å². The molecule has 0 radical (unpaired) electrons. The molecular formula is C15H26N2O2. The summed E-state index contributed by atoms with van der Waals surface area (Å²) in [6.07, 6.45) is 3.35. The highest BCUT2D eigenvalue weighted by Gasteiger charge is 2.40. The highest BCUT2D eigenvalue weighted by molar-refractivity contribution is 5.95. The number of nitrogens with zero attached hydrogens (tertiary/aromatic N) is 1. The van der Waals surface area contributed by atoms with Crippen molar-refractivity contribution in [1.29, 1.82) is 0 Å². The molecule has 0 aromatic rings. The first kappa shape index (κ1) is 14.4. The lowest BCUT2D eigenvalue weighted by molar-refractivity contribution is -0.150. The molecule has 19 heavy (non-hydrogen) atoms. The van der Waals surface area contributed by atoms with Crippen molar-refractivity contribution in [3.8, 4) is 0 Å². The number of carbonyl (C=O) groups is 2. The van der Waals surface area contributed by atoms with Crippen LogP contribution < -0.4 is 5.32 Å². The Morgan fingerprint density at radius 1 is 1.21 bits per heavy atom. The molecule has 2 rings (SSSR count). The maximum atomic E-state index is 12.6. The van der Waals surface area contributed by atoms with Gasteiger partial charge in [-0.25, -0.2) is 0 Å². The smallest absolute Gasteiger partial charge is 0.246 e. The molecule has 4 nitrogen and oxygen atoms in total. The van der Waals surface area contributed by atoms with Gasteiger partial charge >= 0.3 is 0 Å². The number of carbonyl (C=O) groups excluding carboxylic acids is 2. The number of nitrogens with one attached hydrogen (secondary N) is 1.